The number of benzene rings is 1. The average molecular weight is 263 g/mol. The van der Waals surface area contributed by atoms with Crippen molar-refractivity contribution in [3.05, 3.63) is 41.8 Å². The van der Waals surface area contributed by atoms with Gasteiger partial charge in [-0.15, -0.1) is 0 Å². The van der Waals surface area contributed by atoms with E-state index in [0.717, 1.165) is 19.3 Å². The number of nitrogens with zero attached hydrogens (tertiary/aromatic N) is 2. The van der Waals surface area contributed by atoms with Crippen LogP contribution in [0.3, 0.4) is 0 Å². The van der Waals surface area contributed by atoms with Gasteiger partial charge in [-0.05, 0) is 43.5 Å². The van der Waals surface area contributed by atoms with Crippen molar-refractivity contribution in [3.63, 3.8) is 0 Å². The molecule has 0 spiro atoms. The molecule has 0 radical (unpaired) electrons. The van der Waals surface area contributed by atoms with Crippen molar-refractivity contribution in [2.24, 2.45) is 5.73 Å². The van der Waals surface area contributed by atoms with Crippen LogP contribution in [0, 0.1) is 5.82 Å². The van der Waals surface area contributed by atoms with E-state index in [1.165, 1.54) is 12.1 Å². The van der Waals surface area contributed by atoms with Crippen molar-refractivity contribution in [3.8, 4) is 5.75 Å². The molecule has 1 fully saturated rings. The summed E-state index contributed by atoms with van der Waals surface area (Å²) in [7, 11) is 0. The molecule has 2 N–H and O–H groups in total. The monoisotopic (exact) mass is 263 g/mol. The van der Waals surface area contributed by atoms with Gasteiger partial charge in [0.1, 0.15) is 11.6 Å². The Kier molecular flexibility index (Phi) is 2.94. The van der Waals surface area contributed by atoms with Crippen LogP contribution in [-0.2, 0) is 12.1 Å². The van der Waals surface area contributed by atoms with E-state index >= 15 is 0 Å². The maximum absolute atomic E-state index is 12.7. The lowest BCUT2D eigenvalue weighted by Gasteiger charge is -2.34. The second-order valence-corrected chi connectivity index (χ2v) is 4.76. The highest BCUT2D eigenvalue weighted by molar-refractivity contribution is 5.22. The standard InChI is InChI=1S/C13H14FN3O2/c14-9-2-4-10(5-3-9)18-8-11-16-12(17-19-11)13(15)6-1-7-13/h2-5H,1,6-8,15H2. The second kappa shape index (κ2) is 4.62. The van der Waals surface area contributed by atoms with Crippen LogP contribution in [0.15, 0.2) is 28.8 Å². The maximum Gasteiger partial charge on any atom is 0.264 e. The normalized spacial score (nSPS) is 16.9. The van der Waals surface area contributed by atoms with Gasteiger partial charge in [-0.1, -0.05) is 5.16 Å². The molecule has 6 heteroatoms. The largest absolute Gasteiger partial charge is 0.484 e. The summed E-state index contributed by atoms with van der Waals surface area (Å²) in [5.74, 6) is 1.15. The van der Waals surface area contributed by atoms with Gasteiger partial charge >= 0.3 is 0 Å². The predicted octanol–water partition coefficient (Wildman–Crippen LogP) is 2.13. The molecule has 0 bridgehead atoms. The molecule has 1 aromatic heterocycles. The summed E-state index contributed by atoms with van der Waals surface area (Å²) in [6, 6.07) is 5.75. The fourth-order valence-corrected chi connectivity index (χ4v) is 1.97. The number of halogens is 1. The van der Waals surface area contributed by atoms with Crippen LogP contribution in [0.5, 0.6) is 5.75 Å². The second-order valence-electron chi connectivity index (χ2n) is 4.76. The zero-order valence-corrected chi connectivity index (χ0v) is 10.3. The Labute approximate surface area is 109 Å². The van der Waals surface area contributed by atoms with Crippen LogP contribution in [0.4, 0.5) is 4.39 Å². The lowest BCUT2D eigenvalue weighted by molar-refractivity contribution is 0.223. The Morgan fingerprint density at radius 1 is 1.32 bits per heavy atom. The third-order valence-corrected chi connectivity index (χ3v) is 3.34. The van der Waals surface area contributed by atoms with Crippen molar-refractivity contribution >= 4 is 0 Å². The minimum absolute atomic E-state index is 0.148. The Bertz CT molecular complexity index is 564. The summed E-state index contributed by atoms with van der Waals surface area (Å²) in [5.41, 5.74) is 5.66. The van der Waals surface area contributed by atoms with Crippen LogP contribution in [0.25, 0.3) is 0 Å². The highest BCUT2D eigenvalue weighted by Crippen LogP contribution is 2.36. The summed E-state index contributed by atoms with van der Waals surface area (Å²) in [6.07, 6.45) is 2.85. The van der Waals surface area contributed by atoms with Gasteiger partial charge in [-0.3, -0.25) is 0 Å². The smallest absolute Gasteiger partial charge is 0.264 e. The molecule has 0 amide bonds. The summed E-state index contributed by atoms with van der Waals surface area (Å²) >= 11 is 0. The third kappa shape index (κ3) is 2.44. The van der Waals surface area contributed by atoms with Gasteiger partial charge < -0.3 is 15.0 Å². The van der Waals surface area contributed by atoms with Crippen LogP contribution < -0.4 is 10.5 Å². The maximum atomic E-state index is 12.7. The van der Waals surface area contributed by atoms with Crippen molar-refractivity contribution in [2.45, 2.75) is 31.4 Å². The predicted molar refractivity (Wildman–Crippen MR) is 64.7 cm³/mol. The molecular weight excluding hydrogens is 249 g/mol. The lowest BCUT2D eigenvalue weighted by atomic mass is 9.77. The van der Waals surface area contributed by atoms with Gasteiger partial charge in [0.2, 0.25) is 0 Å². The summed E-state index contributed by atoms with van der Waals surface area (Å²) < 4.78 is 23.2. The van der Waals surface area contributed by atoms with Crippen molar-refractivity contribution in [1.82, 2.24) is 10.1 Å². The summed E-state index contributed by atoms with van der Waals surface area (Å²) in [5, 5.41) is 3.89. The molecule has 1 aliphatic rings. The number of nitrogens with two attached hydrogens (primary N) is 1. The average Bonchev–Trinajstić information content (AvgIpc) is 2.84. The lowest BCUT2D eigenvalue weighted by Crippen LogP contribution is -2.44. The highest BCUT2D eigenvalue weighted by Gasteiger charge is 2.38. The van der Waals surface area contributed by atoms with Crippen LogP contribution in [0.2, 0.25) is 0 Å². The van der Waals surface area contributed by atoms with Gasteiger partial charge in [0.05, 0.1) is 5.54 Å². The quantitative estimate of drug-likeness (QED) is 0.914. The molecule has 3 rings (SSSR count). The number of rotatable bonds is 4. The van der Waals surface area contributed by atoms with E-state index in [-0.39, 0.29) is 12.4 Å². The zero-order chi connectivity index (χ0) is 13.3. The van der Waals surface area contributed by atoms with E-state index in [2.05, 4.69) is 10.1 Å². The van der Waals surface area contributed by atoms with Gasteiger partial charge in [0.15, 0.2) is 12.4 Å². The van der Waals surface area contributed by atoms with Gasteiger partial charge in [-0.25, -0.2) is 4.39 Å². The number of hydrogen-bond donors (Lipinski definition) is 1. The van der Waals surface area contributed by atoms with E-state index < -0.39 is 5.54 Å². The molecule has 2 aromatic rings. The zero-order valence-electron chi connectivity index (χ0n) is 10.3. The van der Waals surface area contributed by atoms with Gasteiger partial charge in [-0.2, -0.15) is 4.98 Å². The Balaban J connectivity index is 1.63. The van der Waals surface area contributed by atoms with Crippen LogP contribution in [-0.4, -0.2) is 10.1 Å². The van der Waals surface area contributed by atoms with Crippen molar-refractivity contribution in [1.29, 1.82) is 0 Å². The molecule has 0 unspecified atom stereocenters. The molecule has 0 aliphatic heterocycles. The van der Waals surface area contributed by atoms with Gasteiger partial charge in [0.25, 0.3) is 5.89 Å². The Morgan fingerprint density at radius 2 is 2.05 bits per heavy atom. The van der Waals surface area contributed by atoms with E-state index in [4.69, 9.17) is 15.0 Å². The molecule has 1 aromatic carbocycles. The van der Waals surface area contributed by atoms with Crippen molar-refractivity contribution < 1.29 is 13.7 Å². The third-order valence-electron chi connectivity index (χ3n) is 3.34. The summed E-state index contributed by atoms with van der Waals surface area (Å²) in [4.78, 5) is 4.23. The highest BCUT2D eigenvalue weighted by atomic mass is 19.1. The molecule has 100 valence electrons. The molecule has 1 saturated carbocycles. The molecular formula is C13H14FN3O2. The Hall–Kier alpha value is -1.95. The van der Waals surface area contributed by atoms with E-state index in [1.807, 2.05) is 0 Å². The summed E-state index contributed by atoms with van der Waals surface area (Å²) in [6.45, 7) is 0.148. The van der Waals surface area contributed by atoms with E-state index in [9.17, 15) is 4.39 Å². The number of aromatic nitrogens is 2. The Morgan fingerprint density at radius 3 is 2.68 bits per heavy atom. The number of hydrogen-bond acceptors (Lipinski definition) is 5. The SMILES string of the molecule is NC1(c2noc(COc3ccc(F)cc3)n2)CCC1. The van der Waals surface area contributed by atoms with Gasteiger partial charge in [0, 0.05) is 0 Å². The molecule has 1 heterocycles. The van der Waals surface area contributed by atoms with Crippen LogP contribution >= 0.6 is 0 Å². The first kappa shape index (κ1) is 12.1. The van der Waals surface area contributed by atoms with E-state index in [0.29, 0.717) is 17.5 Å². The first-order valence-corrected chi connectivity index (χ1v) is 6.16. The van der Waals surface area contributed by atoms with Crippen LogP contribution in [0.1, 0.15) is 31.0 Å². The first-order valence-electron chi connectivity index (χ1n) is 6.16. The number of ether oxygens (including phenoxy) is 1. The molecule has 0 saturated heterocycles. The first-order chi connectivity index (χ1) is 9.16. The molecule has 19 heavy (non-hydrogen) atoms. The fourth-order valence-electron chi connectivity index (χ4n) is 1.97. The molecule has 1 aliphatic carbocycles. The topological polar surface area (TPSA) is 74.2 Å². The minimum Gasteiger partial charge on any atom is -0.484 e. The molecule has 0 atom stereocenters. The minimum atomic E-state index is -0.433. The van der Waals surface area contributed by atoms with E-state index in [1.54, 1.807) is 12.1 Å². The fraction of sp³-hybridized carbons (Fsp3) is 0.385. The molecule has 5 nitrogen and oxygen atoms in total. The van der Waals surface area contributed by atoms with Crippen molar-refractivity contribution in [2.75, 3.05) is 0 Å².